The fourth-order valence-electron chi connectivity index (χ4n) is 5.51. The normalized spacial score (nSPS) is 25.7. The molecule has 0 saturated heterocycles. The molecule has 0 atom stereocenters. The van der Waals surface area contributed by atoms with Gasteiger partial charge in [-0.25, -0.2) is 8.78 Å². The standard InChI is InChI=1S/C28H35F5O/c1-2-5-20-8-12-22(13-9-20)16-17-23-14-10-21(11-15-23)6-3-4-7-24-18-25(29)27(26(30)19-24)34-28(31,32)33/h3,6,18-23H,2,5,8-17H2,1H3/b6-3+/t20-,21?,22-,23?. The maximum absolute atomic E-state index is 13.8. The Kier molecular flexibility index (Phi) is 9.85. The van der Waals surface area contributed by atoms with Crippen LogP contribution in [-0.4, -0.2) is 6.36 Å². The second-order valence-corrected chi connectivity index (χ2v) is 9.98. The number of rotatable bonds is 7. The van der Waals surface area contributed by atoms with Gasteiger partial charge in [-0.15, -0.1) is 13.2 Å². The first-order valence-electron chi connectivity index (χ1n) is 12.7. The van der Waals surface area contributed by atoms with Crippen molar-refractivity contribution in [3.05, 3.63) is 41.5 Å². The monoisotopic (exact) mass is 482 g/mol. The summed E-state index contributed by atoms with van der Waals surface area (Å²) in [6.45, 7) is 2.28. The third kappa shape index (κ3) is 8.64. The molecule has 6 heteroatoms. The first kappa shape index (κ1) is 26.6. The van der Waals surface area contributed by atoms with Crippen LogP contribution in [0.15, 0.2) is 24.3 Å². The quantitative estimate of drug-likeness (QED) is 0.278. The number of benzene rings is 1. The Hall–Kier alpha value is -2.03. The van der Waals surface area contributed by atoms with E-state index in [2.05, 4.69) is 23.5 Å². The summed E-state index contributed by atoms with van der Waals surface area (Å²) < 4.78 is 67.6. The third-order valence-corrected chi connectivity index (χ3v) is 7.42. The molecule has 3 rings (SSSR count). The Morgan fingerprint density at radius 3 is 1.85 bits per heavy atom. The zero-order valence-corrected chi connectivity index (χ0v) is 19.9. The molecule has 1 aromatic carbocycles. The summed E-state index contributed by atoms with van der Waals surface area (Å²) in [6, 6.07) is 1.49. The Labute approximate surface area is 200 Å². The van der Waals surface area contributed by atoms with Gasteiger partial charge in [-0.1, -0.05) is 76.2 Å². The SMILES string of the molecule is CCC[C@H]1CC[C@H](CCC2CCC(/C=C/C#Cc3cc(F)c(OC(F)(F)F)c(F)c3)CC2)CC1. The molecule has 34 heavy (non-hydrogen) atoms. The van der Waals surface area contributed by atoms with Crippen LogP contribution in [0.2, 0.25) is 0 Å². The number of ether oxygens (including phenoxy) is 1. The van der Waals surface area contributed by atoms with E-state index in [0.29, 0.717) is 5.92 Å². The van der Waals surface area contributed by atoms with Crippen LogP contribution < -0.4 is 4.74 Å². The van der Waals surface area contributed by atoms with Gasteiger partial charge in [0.25, 0.3) is 0 Å². The highest BCUT2D eigenvalue weighted by atomic mass is 19.4. The summed E-state index contributed by atoms with van der Waals surface area (Å²) in [7, 11) is 0. The first-order valence-corrected chi connectivity index (χ1v) is 12.7. The van der Waals surface area contributed by atoms with Gasteiger partial charge in [-0.05, 0) is 67.6 Å². The summed E-state index contributed by atoms with van der Waals surface area (Å²) >= 11 is 0. The summed E-state index contributed by atoms with van der Waals surface area (Å²) in [4.78, 5) is 0. The molecule has 2 saturated carbocycles. The Bertz CT molecular complexity index is 840. The fourth-order valence-corrected chi connectivity index (χ4v) is 5.51. The molecular weight excluding hydrogens is 447 g/mol. The third-order valence-electron chi connectivity index (χ3n) is 7.42. The zero-order valence-electron chi connectivity index (χ0n) is 19.9. The van der Waals surface area contributed by atoms with E-state index in [9.17, 15) is 22.0 Å². The van der Waals surface area contributed by atoms with Crippen molar-refractivity contribution in [2.45, 2.75) is 90.3 Å². The lowest BCUT2D eigenvalue weighted by Crippen LogP contribution is -2.19. The summed E-state index contributed by atoms with van der Waals surface area (Å²) in [6.07, 6.45) is 14.3. The van der Waals surface area contributed by atoms with Crippen LogP contribution in [0.1, 0.15) is 89.5 Å². The van der Waals surface area contributed by atoms with Crippen molar-refractivity contribution >= 4 is 0 Å². The van der Waals surface area contributed by atoms with Gasteiger partial charge in [0.15, 0.2) is 11.6 Å². The van der Waals surface area contributed by atoms with Gasteiger partial charge in [0.2, 0.25) is 5.75 Å². The number of allylic oxidation sites excluding steroid dienone is 2. The van der Waals surface area contributed by atoms with Gasteiger partial charge >= 0.3 is 6.36 Å². The summed E-state index contributed by atoms with van der Waals surface area (Å²) in [5.74, 6) is 4.14. The van der Waals surface area contributed by atoms with Crippen molar-refractivity contribution in [1.29, 1.82) is 0 Å². The molecule has 0 heterocycles. The van der Waals surface area contributed by atoms with Crippen LogP contribution >= 0.6 is 0 Å². The Morgan fingerprint density at radius 1 is 0.853 bits per heavy atom. The maximum atomic E-state index is 13.8. The van der Waals surface area contributed by atoms with E-state index in [0.717, 1.165) is 42.7 Å². The highest BCUT2D eigenvalue weighted by Crippen LogP contribution is 2.38. The van der Waals surface area contributed by atoms with E-state index in [4.69, 9.17) is 0 Å². The Morgan fingerprint density at radius 2 is 1.35 bits per heavy atom. The number of alkyl halides is 3. The van der Waals surface area contributed by atoms with Crippen molar-refractivity contribution in [2.24, 2.45) is 23.7 Å². The highest BCUT2D eigenvalue weighted by Gasteiger charge is 2.34. The van der Waals surface area contributed by atoms with Crippen molar-refractivity contribution < 1.29 is 26.7 Å². The molecule has 0 radical (unpaired) electrons. The van der Waals surface area contributed by atoms with Gasteiger partial charge in [0.05, 0.1) is 0 Å². The van der Waals surface area contributed by atoms with Crippen LogP contribution in [0.25, 0.3) is 0 Å². The van der Waals surface area contributed by atoms with Crippen LogP contribution in [0.4, 0.5) is 22.0 Å². The maximum Gasteiger partial charge on any atom is 0.573 e. The van der Waals surface area contributed by atoms with E-state index in [-0.39, 0.29) is 5.56 Å². The molecule has 2 aliphatic rings. The number of hydrogen-bond acceptors (Lipinski definition) is 1. The van der Waals surface area contributed by atoms with Crippen molar-refractivity contribution in [1.82, 2.24) is 0 Å². The minimum Gasteiger partial charge on any atom is -0.399 e. The van der Waals surface area contributed by atoms with E-state index in [1.807, 2.05) is 6.08 Å². The van der Waals surface area contributed by atoms with Crippen LogP contribution in [0.5, 0.6) is 5.75 Å². The van der Waals surface area contributed by atoms with E-state index in [1.165, 1.54) is 64.2 Å². The molecule has 0 spiro atoms. The summed E-state index contributed by atoms with van der Waals surface area (Å²) in [5, 5.41) is 0. The van der Waals surface area contributed by atoms with Crippen LogP contribution in [0, 0.1) is 47.1 Å². The molecule has 1 aromatic rings. The van der Waals surface area contributed by atoms with E-state index < -0.39 is 23.7 Å². The molecule has 0 unspecified atom stereocenters. The molecule has 0 bridgehead atoms. The molecule has 2 aliphatic carbocycles. The lowest BCUT2D eigenvalue weighted by molar-refractivity contribution is -0.276. The molecule has 2 fully saturated rings. The highest BCUT2D eigenvalue weighted by molar-refractivity contribution is 5.42. The smallest absolute Gasteiger partial charge is 0.399 e. The van der Waals surface area contributed by atoms with E-state index in [1.54, 1.807) is 6.08 Å². The molecular formula is C28H35F5O. The zero-order chi connectivity index (χ0) is 24.6. The van der Waals surface area contributed by atoms with Crippen LogP contribution in [0.3, 0.4) is 0 Å². The van der Waals surface area contributed by atoms with Gasteiger partial charge in [-0.2, -0.15) is 0 Å². The predicted molar refractivity (Wildman–Crippen MR) is 124 cm³/mol. The molecule has 1 nitrogen and oxygen atoms in total. The lowest BCUT2D eigenvalue weighted by atomic mass is 9.75. The first-order chi connectivity index (χ1) is 16.2. The van der Waals surface area contributed by atoms with Gasteiger partial charge in [0.1, 0.15) is 0 Å². The molecule has 0 N–H and O–H groups in total. The van der Waals surface area contributed by atoms with Crippen molar-refractivity contribution in [2.75, 3.05) is 0 Å². The molecule has 0 amide bonds. The molecule has 188 valence electrons. The van der Waals surface area contributed by atoms with Gasteiger partial charge < -0.3 is 4.74 Å². The van der Waals surface area contributed by atoms with Crippen LogP contribution in [-0.2, 0) is 0 Å². The number of hydrogen-bond donors (Lipinski definition) is 0. The number of halogens is 5. The van der Waals surface area contributed by atoms with E-state index >= 15 is 0 Å². The minimum absolute atomic E-state index is 0.0402. The lowest BCUT2D eigenvalue weighted by Gasteiger charge is -2.31. The van der Waals surface area contributed by atoms with Gasteiger partial charge in [0, 0.05) is 5.56 Å². The second-order valence-electron chi connectivity index (χ2n) is 9.98. The Balaban J connectivity index is 1.39. The summed E-state index contributed by atoms with van der Waals surface area (Å²) in [5.41, 5.74) is -0.0402. The average Bonchev–Trinajstić information content (AvgIpc) is 2.79. The molecule has 0 aromatic heterocycles. The fraction of sp³-hybridized carbons (Fsp3) is 0.643. The topological polar surface area (TPSA) is 9.23 Å². The largest absolute Gasteiger partial charge is 0.573 e. The van der Waals surface area contributed by atoms with Gasteiger partial charge in [-0.3, -0.25) is 0 Å². The predicted octanol–water partition coefficient (Wildman–Crippen LogP) is 8.96. The van der Waals surface area contributed by atoms with Crippen molar-refractivity contribution in [3.63, 3.8) is 0 Å². The minimum atomic E-state index is -5.16. The molecule has 0 aliphatic heterocycles. The second kappa shape index (κ2) is 12.6. The van der Waals surface area contributed by atoms with Crippen molar-refractivity contribution in [3.8, 4) is 17.6 Å². The average molecular weight is 483 g/mol.